The van der Waals surface area contributed by atoms with Crippen molar-refractivity contribution < 1.29 is 14.3 Å². The highest BCUT2D eigenvalue weighted by Gasteiger charge is 2.60. The highest BCUT2D eigenvalue weighted by molar-refractivity contribution is 5.87. The van der Waals surface area contributed by atoms with Crippen molar-refractivity contribution in [3.8, 4) is 0 Å². The number of methoxy groups -OCH3 is 1. The number of nitrogens with zero attached hydrogens (tertiary/aromatic N) is 1. The molecule has 6 heteroatoms. The number of fused-ring (bicyclic) bond motifs is 5. The molecule has 180 valence electrons. The minimum absolute atomic E-state index is 0.0715. The van der Waals surface area contributed by atoms with E-state index in [0.717, 1.165) is 48.6 Å². The SMILES string of the molecule is COC(=O)CCC(C)C1CCC2C3CCC4CC(=NNC(N)=O)CCC4(C)C3CCC12C. The van der Waals surface area contributed by atoms with Gasteiger partial charge in [-0.05, 0) is 111 Å². The van der Waals surface area contributed by atoms with Crippen LogP contribution in [0, 0.1) is 46.3 Å². The van der Waals surface area contributed by atoms with Crippen LogP contribution in [-0.2, 0) is 9.53 Å². The summed E-state index contributed by atoms with van der Waals surface area (Å²) in [5.74, 6) is 4.40. The zero-order valence-electron chi connectivity index (χ0n) is 20.5. The Balaban J connectivity index is 1.45. The second kappa shape index (κ2) is 8.98. The van der Waals surface area contributed by atoms with Gasteiger partial charge < -0.3 is 10.5 Å². The second-order valence-corrected chi connectivity index (χ2v) is 11.8. The zero-order chi connectivity index (χ0) is 23.1. The summed E-state index contributed by atoms with van der Waals surface area (Å²) in [5, 5.41) is 4.30. The van der Waals surface area contributed by atoms with E-state index in [1.165, 1.54) is 52.1 Å². The smallest absolute Gasteiger partial charge is 0.332 e. The molecule has 6 nitrogen and oxygen atoms in total. The fourth-order valence-electron chi connectivity index (χ4n) is 8.92. The molecule has 4 fully saturated rings. The lowest BCUT2D eigenvalue weighted by Gasteiger charge is -2.60. The zero-order valence-corrected chi connectivity index (χ0v) is 20.5. The Bertz CT molecular complexity index is 767. The predicted octanol–water partition coefficient (Wildman–Crippen LogP) is 5.26. The summed E-state index contributed by atoms with van der Waals surface area (Å²) < 4.78 is 4.89. The van der Waals surface area contributed by atoms with Gasteiger partial charge in [0.2, 0.25) is 0 Å². The van der Waals surface area contributed by atoms with E-state index in [1.807, 2.05) is 0 Å². The molecule has 0 radical (unpaired) electrons. The van der Waals surface area contributed by atoms with Crippen molar-refractivity contribution >= 4 is 17.7 Å². The van der Waals surface area contributed by atoms with Gasteiger partial charge in [-0.2, -0.15) is 5.10 Å². The molecule has 4 saturated carbocycles. The van der Waals surface area contributed by atoms with Gasteiger partial charge in [-0.15, -0.1) is 0 Å². The fourth-order valence-corrected chi connectivity index (χ4v) is 8.92. The summed E-state index contributed by atoms with van der Waals surface area (Å²) in [6.07, 6.45) is 12.7. The molecule has 0 heterocycles. The van der Waals surface area contributed by atoms with E-state index in [1.54, 1.807) is 0 Å². The molecule has 4 aliphatic carbocycles. The van der Waals surface area contributed by atoms with Crippen LogP contribution in [0.25, 0.3) is 0 Å². The lowest BCUT2D eigenvalue weighted by molar-refractivity contribution is -0.141. The largest absolute Gasteiger partial charge is 0.469 e. The van der Waals surface area contributed by atoms with Gasteiger partial charge in [0, 0.05) is 12.1 Å². The number of primary amides is 1. The predicted molar refractivity (Wildman–Crippen MR) is 126 cm³/mol. The van der Waals surface area contributed by atoms with E-state index in [0.29, 0.717) is 29.1 Å². The number of esters is 1. The maximum atomic E-state index is 11.7. The molecule has 0 aromatic carbocycles. The van der Waals surface area contributed by atoms with E-state index in [9.17, 15) is 9.59 Å². The number of carbonyl (C=O) groups is 2. The van der Waals surface area contributed by atoms with Gasteiger partial charge in [-0.1, -0.05) is 20.8 Å². The number of urea groups is 1. The highest BCUT2D eigenvalue weighted by atomic mass is 16.5. The Morgan fingerprint density at radius 3 is 2.59 bits per heavy atom. The van der Waals surface area contributed by atoms with Crippen LogP contribution in [0.4, 0.5) is 4.79 Å². The van der Waals surface area contributed by atoms with Gasteiger partial charge in [0.25, 0.3) is 0 Å². The minimum atomic E-state index is -0.572. The molecule has 0 aromatic heterocycles. The molecular formula is C26H43N3O3. The van der Waals surface area contributed by atoms with Gasteiger partial charge in [0.15, 0.2) is 0 Å². The van der Waals surface area contributed by atoms with Crippen molar-refractivity contribution in [1.29, 1.82) is 0 Å². The first-order valence-corrected chi connectivity index (χ1v) is 12.9. The quantitative estimate of drug-likeness (QED) is 0.446. The van der Waals surface area contributed by atoms with Gasteiger partial charge in [-0.3, -0.25) is 4.79 Å². The monoisotopic (exact) mass is 445 g/mol. The average Bonchev–Trinajstić information content (AvgIpc) is 3.12. The molecule has 2 amide bonds. The average molecular weight is 446 g/mol. The highest BCUT2D eigenvalue weighted by Crippen LogP contribution is 2.68. The van der Waals surface area contributed by atoms with E-state index in [2.05, 4.69) is 31.3 Å². The second-order valence-electron chi connectivity index (χ2n) is 11.8. The van der Waals surface area contributed by atoms with Crippen LogP contribution < -0.4 is 11.2 Å². The van der Waals surface area contributed by atoms with E-state index >= 15 is 0 Å². The lowest BCUT2D eigenvalue weighted by atomic mass is 9.44. The molecule has 0 saturated heterocycles. The van der Waals surface area contributed by atoms with Gasteiger partial charge >= 0.3 is 12.0 Å². The van der Waals surface area contributed by atoms with Crippen molar-refractivity contribution in [3.05, 3.63) is 0 Å². The third kappa shape index (κ3) is 4.07. The number of amides is 2. The van der Waals surface area contributed by atoms with Gasteiger partial charge in [0.05, 0.1) is 7.11 Å². The number of hydrogen-bond acceptors (Lipinski definition) is 4. The van der Waals surface area contributed by atoms with Crippen LogP contribution in [0.15, 0.2) is 5.10 Å². The topological polar surface area (TPSA) is 93.8 Å². The maximum Gasteiger partial charge on any atom is 0.332 e. The Morgan fingerprint density at radius 2 is 1.88 bits per heavy atom. The molecule has 0 bridgehead atoms. The normalized spacial score (nSPS) is 43.0. The van der Waals surface area contributed by atoms with Crippen LogP contribution >= 0.6 is 0 Å². The lowest BCUT2D eigenvalue weighted by Crippen LogP contribution is -2.54. The molecule has 0 aromatic rings. The number of nitrogens with one attached hydrogen (secondary N) is 1. The van der Waals surface area contributed by atoms with E-state index < -0.39 is 6.03 Å². The van der Waals surface area contributed by atoms with Crippen LogP contribution in [0.2, 0.25) is 0 Å². The summed E-state index contributed by atoms with van der Waals surface area (Å²) in [6.45, 7) is 7.50. The molecule has 8 unspecified atom stereocenters. The van der Waals surface area contributed by atoms with E-state index in [-0.39, 0.29) is 5.97 Å². The van der Waals surface area contributed by atoms with E-state index in [4.69, 9.17) is 10.5 Å². The first-order valence-electron chi connectivity index (χ1n) is 12.9. The van der Waals surface area contributed by atoms with Crippen LogP contribution in [0.1, 0.15) is 91.4 Å². The molecule has 0 aliphatic heterocycles. The van der Waals surface area contributed by atoms with Crippen molar-refractivity contribution in [2.75, 3.05) is 7.11 Å². The number of hydrazone groups is 1. The molecular weight excluding hydrogens is 402 g/mol. The van der Waals surface area contributed by atoms with Crippen molar-refractivity contribution in [2.45, 2.75) is 91.4 Å². The van der Waals surface area contributed by atoms with Crippen molar-refractivity contribution in [1.82, 2.24) is 5.43 Å². The van der Waals surface area contributed by atoms with Crippen LogP contribution in [0.5, 0.6) is 0 Å². The Hall–Kier alpha value is -1.59. The Kier molecular flexibility index (Phi) is 6.61. The first kappa shape index (κ1) is 23.6. The number of ether oxygens (including phenoxy) is 1. The molecule has 3 N–H and O–H groups in total. The molecule has 4 rings (SSSR count). The summed E-state index contributed by atoms with van der Waals surface area (Å²) in [5.41, 5.74) is 9.59. The summed E-state index contributed by atoms with van der Waals surface area (Å²) in [4.78, 5) is 22.7. The number of rotatable bonds is 5. The maximum absolute atomic E-state index is 11.7. The molecule has 0 spiro atoms. The molecule has 8 atom stereocenters. The summed E-state index contributed by atoms with van der Waals surface area (Å²) in [6, 6.07) is -0.572. The third-order valence-electron chi connectivity index (χ3n) is 10.6. The number of carbonyl (C=O) groups excluding carboxylic acids is 2. The Morgan fingerprint density at radius 1 is 1.12 bits per heavy atom. The van der Waals surface area contributed by atoms with Crippen LogP contribution in [0.3, 0.4) is 0 Å². The number of hydrogen-bond donors (Lipinski definition) is 2. The minimum Gasteiger partial charge on any atom is -0.469 e. The van der Waals surface area contributed by atoms with Crippen molar-refractivity contribution in [2.24, 2.45) is 57.2 Å². The van der Waals surface area contributed by atoms with Gasteiger partial charge in [-0.25, -0.2) is 10.2 Å². The standard InChI is InChI=1S/C26H43N3O3/c1-16(5-10-23(30)32-4)20-8-9-21-19-7-6-17-15-18(28-29-24(27)31)11-13-25(17,2)22(19)12-14-26(20,21)3/h16-17,19-22H,5-15H2,1-4H3,(H3,27,29,31). The number of nitrogens with two attached hydrogens (primary N) is 1. The molecule has 32 heavy (non-hydrogen) atoms. The molecule has 4 aliphatic rings. The van der Waals surface area contributed by atoms with Crippen molar-refractivity contribution in [3.63, 3.8) is 0 Å². The first-order chi connectivity index (χ1) is 15.2. The summed E-state index contributed by atoms with van der Waals surface area (Å²) in [7, 11) is 1.49. The third-order valence-corrected chi connectivity index (χ3v) is 10.6. The van der Waals surface area contributed by atoms with Crippen LogP contribution in [-0.4, -0.2) is 24.8 Å². The Labute approximate surface area is 193 Å². The summed E-state index contributed by atoms with van der Waals surface area (Å²) >= 11 is 0. The van der Waals surface area contributed by atoms with Gasteiger partial charge in [0.1, 0.15) is 0 Å². The fraction of sp³-hybridized carbons (Fsp3) is 0.885.